The molecular weight excluding hydrogens is 441 g/mol. The molecule has 0 radical (unpaired) electrons. The molecule has 0 aliphatic carbocycles. The van der Waals surface area contributed by atoms with Crippen molar-refractivity contribution in [3.8, 4) is 11.5 Å². The first-order valence-electron chi connectivity index (χ1n) is 10.4. The van der Waals surface area contributed by atoms with Gasteiger partial charge in [-0.2, -0.15) is 0 Å². The summed E-state index contributed by atoms with van der Waals surface area (Å²) in [5, 5.41) is 2.64. The van der Waals surface area contributed by atoms with Crippen LogP contribution in [0, 0.1) is 17.5 Å². The Labute approximate surface area is 189 Å². The molecule has 2 aromatic carbocycles. The molecule has 0 fully saturated rings. The summed E-state index contributed by atoms with van der Waals surface area (Å²) in [6, 6.07) is 4.39. The van der Waals surface area contributed by atoms with Crippen LogP contribution >= 0.6 is 0 Å². The summed E-state index contributed by atoms with van der Waals surface area (Å²) in [4.78, 5) is 26.6. The lowest BCUT2D eigenvalue weighted by molar-refractivity contribution is 0.0948. The molecule has 1 aliphatic rings. The summed E-state index contributed by atoms with van der Waals surface area (Å²) >= 11 is 0. The highest BCUT2D eigenvalue weighted by Gasteiger charge is 2.36. The minimum absolute atomic E-state index is 0.100. The van der Waals surface area contributed by atoms with E-state index in [-0.39, 0.29) is 30.7 Å². The molecule has 0 spiro atoms. The number of nitrogens with one attached hydrogen (secondary N) is 1. The first kappa shape index (κ1) is 24.2. The van der Waals surface area contributed by atoms with E-state index in [4.69, 9.17) is 14.2 Å². The molecule has 7 nitrogen and oxygen atoms in total. The van der Waals surface area contributed by atoms with Crippen LogP contribution in [0.1, 0.15) is 42.1 Å². The predicted molar refractivity (Wildman–Crippen MR) is 115 cm³/mol. The van der Waals surface area contributed by atoms with E-state index in [1.807, 2.05) is 6.92 Å². The summed E-state index contributed by atoms with van der Waals surface area (Å²) in [5.74, 6) is -4.69. The highest BCUT2D eigenvalue weighted by molar-refractivity contribution is 5.94. The number of hydrogen-bond donors (Lipinski definition) is 1. The largest absolute Gasteiger partial charge is 0.493 e. The van der Waals surface area contributed by atoms with Gasteiger partial charge in [0.15, 0.2) is 29.0 Å². The van der Waals surface area contributed by atoms with Gasteiger partial charge >= 0.3 is 6.09 Å². The molecule has 2 aromatic rings. The van der Waals surface area contributed by atoms with Crippen molar-refractivity contribution in [2.45, 2.75) is 32.2 Å². The van der Waals surface area contributed by atoms with Gasteiger partial charge in [-0.05, 0) is 44.0 Å². The van der Waals surface area contributed by atoms with E-state index >= 15 is 0 Å². The molecule has 178 valence electrons. The maximum absolute atomic E-state index is 13.5. The molecule has 1 aliphatic heterocycles. The van der Waals surface area contributed by atoms with Gasteiger partial charge in [-0.15, -0.1) is 0 Å². The molecule has 0 saturated heterocycles. The standard InChI is InChI=1S/C23H25F3N2O5/c1-5-33-23(30)28-12(2)6-14(15-9-19(31-3)20(32-4)10-18(15)28)11-27-22(29)13-7-16(24)21(26)17(25)8-13/h7-10,12,14H,5-6,11H2,1-4H3,(H,27,29). The SMILES string of the molecule is CCOC(=O)N1c2cc(OC)c(OC)cc2C(CNC(=O)c2cc(F)c(F)c(F)c2)CC1C. The zero-order valence-electron chi connectivity index (χ0n) is 18.7. The lowest BCUT2D eigenvalue weighted by atomic mass is 9.85. The molecule has 2 unspecified atom stereocenters. The van der Waals surface area contributed by atoms with E-state index in [2.05, 4.69) is 5.32 Å². The molecule has 3 rings (SSSR count). The van der Waals surface area contributed by atoms with E-state index in [1.165, 1.54) is 19.1 Å². The lowest BCUT2D eigenvalue weighted by Crippen LogP contribution is -2.45. The summed E-state index contributed by atoms with van der Waals surface area (Å²) in [6.07, 6.45) is -0.0495. The Balaban J connectivity index is 1.92. The summed E-state index contributed by atoms with van der Waals surface area (Å²) in [6.45, 7) is 3.86. The monoisotopic (exact) mass is 466 g/mol. The van der Waals surface area contributed by atoms with E-state index in [0.29, 0.717) is 41.3 Å². The maximum atomic E-state index is 13.5. The molecule has 2 atom stereocenters. The fourth-order valence-electron chi connectivity index (χ4n) is 3.97. The lowest BCUT2D eigenvalue weighted by Gasteiger charge is -2.39. The molecule has 0 bridgehead atoms. The number of fused-ring (bicyclic) bond motifs is 1. The number of amides is 2. The van der Waals surface area contributed by atoms with Crippen LogP contribution in [0.5, 0.6) is 11.5 Å². The molecular formula is C23H25F3N2O5. The maximum Gasteiger partial charge on any atom is 0.414 e. The first-order chi connectivity index (χ1) is 15.7. The van der Waals surface area contributed by atoms with Crippen LogP contribution < -0.4 is 19.7 Å². The zero-order chi connectivity index (χ0) is 24.3. The number of hydrogen-bond acceptors (Lipinski definition) is 5. The van der Waals surface area contributed by atoms with Crippen molar-refractivity contribution >= 4 is 17.7 Å². The number of carbonyl (C=O) groups is 2. The Morgan fingerprint density at radius 3 is 2.24 bits per heavy atom. The van der Waals surface area contributed by atoms with Gasteiger partial charge in [0.25, 0.3) is 5.91 Å². The van der Waals surface area contributed by atoms with Gasteiger partial charge in [-0.3, -0.25) is 9.69 Å². The fraction of sp³-hybridized carbons (Fsp3) is 0.391. The van der Waals surface area contributed by atoms with Gasteiger partial charge in [0.1, 0.15) is 0 Å². The Morgan fingerprint density at radius 1 is 1.06 bits per heavy atom. The molecule has 1 heterocycles. The van der Waals surface area contributed by atoms with Gasteiger partial charge in [0.2, 0.25) is 0 Å². The smallest absolute Gasteiger partial charge is 0.414 e. The summed E-state index contributed by atoms with van der Waals surface area (Å²) in [5.41, 5.74) is 0.912. The van der Waals surface area contributed by atoms with Crippen molar-refractivity contribution < 1.29 is 37.0 Å². The molecule has 1 N–H and O–H groups in total. The van der Waals surface area contributed by atoms with Crippen molar-refractivity contribution in [1.82, 2.24) is 5.32 Å². The normalized spacial score (nSPS) is 17.2. The van der Waals surface area contributed by atoms with E-state index in [1.54, 1.807) is 19.1 Å². The van der Waals surface area contributed by atoms with Crippen LogP contribution in [0.15, 0.2) is 24.3 Å². The highest BCUT2D eigenvalue weighted by atomic mass is 19.2. The second-order valence-corrected chi connectivity index (χ2v) is 7.58. The second-order valence-electron chi connectivity index (χ2n) is 7.58. The minimum atomic E-state index is -1.64. The topological polar surface area (TPSA) is 77.1 Å². The summed E-state index contributed by atoms with van der Waals surface area (Å²) in [7, 11) is 2.96. The number of halogens is 3. The van der Waals surface area contributed by atoms with Crippen molar-refractivity contribution in [3.05, 3.63) is 52.8 Å². The van der Waals surface area contributed by atoms with Crippen molar-refractivity contribution in [2.75, 3.05) is 32.3 Å². The highest BCUT2D eigenvalue weighted by Crippen LogP contribution is 2.44. The zero-order valence-corrected chi connectivity index (χ0v) is 18.7. The van der Waals surface area contributed by atoms with E-state index in [0.717, 1.165) is 0 Å². The number of ether oxygens (including phenoxy) is 3. The molecule has 10 heteroatoms. The third kappa shape index (κ3) is 4.84. The van der Waals surface area contributed by atoms with Crippen molar-refractivity contribution in [2.24, 2.45) is 0 Å². The van der Waals surface area contributed by atoms with Gasteiger partial charge < -0.3 is 19.5 Å². The fourth-order valence-corrected chi connectivity index (χ4v) is 3.97. The number of rotatable bonds is 6. The van der Waals surface area contributed by atoms with Crippen LogP contribution in [0.25, 0.3) is 0 Å². The molecule has 2 amide bonds. The van der Waals surface area contributed by atoms with E-state index < -0.39 is 29.5 Å². The van der Waals surface area contributed by atoms with Gasteiger partial charge in [-0.25, -0.2) is 18.0 Å². The minimum Gasteiger partial charge on any atom is -0.493 e. The van der Waals surface area contributed by atoms with Gasteiger partial charge in [0.05, 0.1) is 26.5 Å². The Hall–Kier alpha value is -3.43. The van der Waals surface area contributed by atoms with E-state index in [9.17, 15) is 22.8 Å². The Morgan fingerprint density at radius 2 is 1.67 bits per heavy atom. The quantitative estimate of drug-likeness (QED) is 0.639. The average molecular weight is 466 g/mol. The Bertz CT molecular complexity index is 1040. The van der Waals surface area contributed by atoms with Gasteiger partial charge in [0, 0.05) is 30.1 Å². The van der Waals surface area contributed by atoms with Gasteiger partial charge in [-0.1, -0.05) is 0 Å². The van der Waals surface area contributed by atoms with Crippen LogP contribution in [-0.2, 0) is 4.74 Å². The van der Waals surface area contributed by atoms with Crippen LogP contribution in [0.3, 0.4) is 0 Å². The number of anilines is 1. The number of methoxy groups -OCH3 is 2. The first-order valence-corrected chi connectivity index (χ1v) is 10.4. The number of nitrogens with zero attached hydrogens (tertiary/aromatic N) is 1. The second kappa shape index (κ2) is 10.0. The van der Waals surface area contributed by atoms with Crippen molar-refractivity contribution in [1.29, 1.82) is 0 Å². The third-order valence-electron chi connectivity index (χ3n) is 5.52. The third-order valence-corrected chi connectivity index (χ3v) is 5.52. The predicted octanol–water partition coefficient (Wildman–Crippen LogP) is 4.39. The van der Waals surface area contributed by atoms with Crippen LogP contribution in [0.2, 0.25) is 0 Å². The molecule has 0 aromatic heterocycles. The molecule has 0 saturated carbocycles. The average Bonchev–Trinajstić information content (AvgIpc) is 2.79. The number of carbonyl (C=O) groups excluding carboxylic acids is 2. The molecule has 33 heavy (non-hydrogen) atoms. The summed E-state index contributed by atoms with van der Waals surface area (Å²) < 4.78 is 56.2. The van der Waals surface area contributed by atoms with Crippen LogP contribution in [0.4, 0.5) is 23.7 Å². The van der Waals surface area contributed by atoms with Crippen LogP contribution in [-0.4, -0.2) is 45.4 Å². The number of benzene rings is 2. The Kier molecular flexibility index (Phi) is 7.35. The van der Waals surface area contributed by atoms with Crippen molar-refractivity contribution in [3.63, 3.8) is 0 Å².